The molecule has 0 radical (unpaired) electrons. The third-order valence-corrected chi connectivity index (χ3v) is 4.40. The highest BCUT2D eigenvalue weighted by Crippen LogP contribution is 2.48. The zero-order valence-corrected chi connectivity index (χ0v) is 7.97. The van der Waals surface area contributed by atoms with E-state index in [4.69, 9.17) is 0 Å². The van der Waals surface area contributed by atoms with Crippen molar-refractivity contribution in [3.8, 4) is 0 Å². The molecule has 2 nitrogen and oxygen atoms in total. The summed E-state index contributed by atoms with van der Waals surface area (Å²) >= 11 is 0. The van der Waals surface area contributed by atoms with E-state index < -0.39 is 27.4 Å². The SMILES string of the molecule is O=S(=O)(c1ccccc1)C1CC1(F)F. The fourth-order valence-electron chi connectivity index (χ4n) is 1.30. The Balaban J connectivity index is 2.37. The van der Waals surface area contributed by atoms with Crippen LogP contribution >= 0.6 is 0 Å². The van der Waals surface area contributed by atoms with Crippen molar-refractivity contribution in [1.82, 2.24) is 0 Å². The van der Waals surface area contributed by atoms with Gasteiger partial charge in [0, 0.05) is 6.42 Å². The van der Waals surface area contributed by atoms with Crippen molar-refractivity contribution in [2.45, 2.75) is 22.5 Å². The average Bonchev–Trinajstić information content (AvgIpc) is 2.78. The molecule has 0 spiro atoms. The highest BCUT2D eigenvalue weighted by molar-refractivity contribution is 7.92. The van der Waals surface area contributed by atoms with E-state index in [1.54, 1.807) is 6.07 Å². The molecule has 0 N–H and O–H groups in total. The molecule has 1 aromatic carbocycles. The number of rotatable bonds is 2. The minimum absolute atomic E-state index is 0.0258. The van der Waals surface area contributed by atoms with Crippen molar-refractivity contribution in [1.29, 1.82) is 0 Å². The van der Waals surface area contributed by atoms with Crippen LogP contribution in [-0.2, 0) is 9.84 Å². The van der Waals surface area contributed by atoms with Gasteiger partial charge in [-0.25, -0.2) is 17.2 Å². The summed E-state index contributed by atoms with van der Waals surface area (Å²) < 4.78 is 48.3. The van der Waals surface area contributed by atoms with E-state index in [1.165, 1.54) is 24.3 Å². The van der Waals surface area contributed by atoms with Crippen LogP contribution in [0.5, 0.6) is 0 Å². The second kappa shape index (κ2) is 2.76. The average molecular weight is 218 g/mol. The van der Waals surface area contributed by atoms with Crippen LogP contribution in [0.2, 0.25) is 0 Å². The van der Waals surface area contributed by atoms with Gasteiger partial charge in [0.05, 0.1) is 4.90 Å². The van der Waals surface area contributed by atoms with Gasteiger partial charge in [0.15, 0.2) is 9.84 Å². The van der Waals surface area contributed by atoms with E-state index in [-0.39, 0.29) is 4.90 Å². The van der Waals surface area contributed by atoms with Gasteiger partial charge >= 0.3 is 0 Å². The second-order valence-electron chi connectivity index (χ2n) is 3.31. The lowest BCUT2D eigenvalue weighted by atomic mass is 10.4. The van der Waals surface area contributed by atoms with Gasteiger partial charge in [0.2, 0.25) is 0 Å². The molecule has 1 aliphatic rings. The molecular formula is C9H8F2O2S. The first-order valence-electron chi connectivity index (χ1n) is 4.11. The molecular weight excluding hydrogens is 210 g/mol. The van der Waals surface area contributed by atoms with E-state index in [9.17, 15) is 17.2 Å². The molecule has 0 bridgehead atoms. The molecule has 1 fully saturated rings. The van der Waals surface area contributed by atoms with Crippen LogP contribution in [0, 0.1) is 0 Å². The molecule has 1 saturated carbocycles. The van der Waals surface area contributed by atoms with Crippen molar-refractivity contribution in [2.24, 2.45) is 0 Å². The fraction of sp³-hybridized carbons (Fsp3) is 0.333. The molecule has 2 rings (SSSR count). The van der Waals surface area contributed by atoms with Gasteiger partial charge in [-0.3, -0.25) is 0 Å². The number of hydrogen-bond acceptors (Lipinski definition) is 2. The fourth-order valence-corrected chi connectivity index (χ4v) is 3.06. The van der Waals surface area contributed by atoms with Crippen LogP contribution in [-0.4, -0.2) is 19.6 Å². The molecule has 0 aromatic heterocycles. The predicted molar refractivity (Wildman–Crippen MR) is 47.0 cm³/mol. The molecule has 0 amide bonds. The molecule has 76 valence electrons. The highest BCUT2D eigenvalue weighted by atomic mass is 32.2. The summed E-state index contributed by atoms with van der Waals surface area (Å²) in [5, 5.41) is -1.52. The summed E-state index contributed by atoms with van der Waals surface area (Å²) in [5.41, 5.74) is 0. The normalized spacial score (nSPS) is 24.6. The lowest BCUT2D eigenvalue weighted by Crippen LogP contribution is -2.13. The summed E-state index contributed by atoms with van der Waals surface area (Å²) in [7, 11) is -3.82. The molecule has 1 aliphatic carbocycles. The molecule has 0 aliphatic heterocycles. The van der Waals surface area contributed by atoms with Gasteiger partial charge in [-0.1, -0.05) is 18.2 Å². The predicted octanol–water partition coefficient (Wildman–Crippen LogP) is 1.87. The molecule has 1 unspecified atom stereocenters. The summed E-state index contributed by atoms with van der Waals surface area (Å²) in [5.74, 6) is -3.03. The zero-order chi connectivity index (χ0) is 10.4. The van der Waals surface area contributed by atoms with Crippen molar-refractivity contribution in [3.05, 3.63) is 30.3 Å². The van der Waals surface area contributed by atoms with Crippen LogP contribution < -0.4 is 0 Å². The van der Waals surface area contributed by atoms with Gasteiger partial charge in [-0.15, -0.1) is 0 Å². The lowest BCUT2D eigenvalue weighted by Gasteiger charge is -2.01. The van der Waals surface area contributed by atoms with Gasteiger partial charge in [-0.05, 0) is 12.1 Å². The molecule has 1 atom stereocenters. The summed E-state index contributed by atoms with van der Waals surface area (Å²) in [6.45, 7) is 0. The summed E-state index contributed by atoms with van der Waals surface area (Å²) in [6, 6.07) is 7.36. The van der Waals surface area contributed by atoms with Gasteiger partial charge < -0.3 is 0 Å². The maximum Gasteiger partial charge on any atom is 0.266 e. The second-order valence-corrected chi connectivity index (χ2v) is 5.44. The van der Waals surface area contributed by atoms with E-state index in [1.807, 2.05) is 0 Å². The van der Waals surface area contributed by atoms with Crippen molar-refractivity contribution >= 4 is 9.84 Å². The molecule has 0 saturated heterocycles. The summed E-state index contributed by atoms with van der Waals surface area (Å²) in [6.07, 6.45) is -0.551. The Morgan fingerprint density at radius 1 is 1.21 bits per heavy atom. The Labute approximate surface area is 80.5 Å². The number of alkyl halides is 2. The minimum atomic E-state index is -3.82. The number of hydrogen-bond donors (Lipinski definition) is 0. The first-order valence-corrected chi connectivity index (χ1v) is 5.66. The van der Waals surface area contributed by atoms with Gasteiger partial charge in [0.1, 0.15) is 5.25 Å². The monoisotopic (exact) mass is 218 g/mol. The Morgan fingerprint density at radius 3 is 2.14 bits per heavy atom. The first kappa shape index (κ1) is 9.58. The smallest absolute Gasteiger partial charge is 0.223 e. The van der Waals surface area contributed by atoms with Gasteiger partial charge in [0.25, 0.3) is 5.92 Å². The third-order valence-electron chi connectivity index (χ3n) is 2.21. The Bertz CT molecular complexity index is 439. The Kier molecular flexibility index (Phi) is 1.89. The molecule has 14 heavy (non-hydrogen) atoms. The van der Waals surface area contributed by atoms with Gasteiger partial charge in [-0.2, -0.15) is 0 Å². The largest absolute Gasteiger partial charge is 0.266 e. The van der Waals surface area contributed by atoms with Crippen LogP contribution in [0.25, 0.3) is 0 Å². The molecule has 0 heterocycles. The highest BCUT2D eigenvalue weighted by Gasteiger charge is 2.64. The minimum Gasteiger partial charge on any atom is -0.223 e. The lowest BCUT2D eigenvalue weighted by molar-refractivity contribution is 0.121. The standard InChI is InChI=1S/C9H8F2O2S/c10-9(11)6-8(9)14(12,13)7-4-2-1-3-5-7/h1-5,8H,6H2. The molecule has 1 aromatic rings. The van der Waals surface area contributed by atoms with E-state index >= 15 is 0 Å². The zero-order valence-electron chi connectivity index (χ0n) is 7.15. The van der Waals surface area contributed by atoms with Crippen LogP contribution in [0.3, 0.4) is 0 Å². The first-order chi connectivity index (χ1) is 6.44. The van der Waals surface area contributed by atoms with Crippen molar-refractivity contribution in [3.63, 3.8) is 0 Å². The quantitative estimate of drug-likeness (QED) is 0.759. The Morgan fingerprint density at radius 2 is 1.71 bits per heavy atom. The van der Waals surface area contributed by atoms with Crippen LogP contribution in [0.1, 0.15) is 6.42 Å². The van der Waals surface area contributed by atoms with Crippen molar-refractivity contribution in [2.75, 3.05) is 0 Å². The maximum atomic E-state index is 12.6. The van der Waals surface area contributed by atoms with Crippen molar-refractivity contribution < 1.29 is 17.2 Å². The molecule has 5 heteroatoms. The van der Waals surface area contributed by atoms with Crippen LogP contribution in [0.4, 0.5) is 8.78 Å². The van der Waals surface area contributed by atoms with E-state index in [0.717, 1.165) is 0 Å². The van der Waals surface area contributed by atoms with E-state index in [0.29, 0.717) is 0 Å². The number of halogens is 2. The van der Waals surface area contributed by atoms with E-state index in [2.05, 4.69) is 0 Å². The topological polar surface area (TPSA) is 34.1 Å². The Hall–Kier alpha value is -0.970. The maximum absolute atomic E-state index is 12.6. The number of benzene rings is 1. The number of sulfone groups is 1. The summed E-state index contributed by atoms with van der Waals surface area (Å²) in [4.78, 5) is -0.0258. The van der Waals surface area contributed by atoms with Crippen LogP contribution in [0.15, 0.2) is 35.2 Å². The third kappa shape index (κ3) is 1.41.